The van der Waals surface area contributed by atoms with Crippen molar-refractivity contribution in [2.24, 2.45) is 13.0 Å². The lowest BCUT2D eigenvalue weighted by atomic mass is 10.0. The van der Waals surface area contributed by atoms with Gasteiger partial charge in [0.2, 0.25) is 11.6 Å². The summed E-state index contributed by atoms with van der Waals surface area (Å²) in [7, 11) is 1.44. The average Bonchev–Trinajstić information content (AvgIpc) is 3.09. The highest BCUT2D eigenvalue weighted by atomic mass is 19.4. The first-order valence-electron chi connectivity index (χ1n) is 9.25. The highest BCUT2D eigenvalue weighted by Gasteiger charge is 2.35. The predicted octanol–water partition coefficient (Wildman–Crippen LogP) is 4.41. The van der Waals surface area contributed by atoms with Gasteiger partial charge >= 0.3 is 6.18 Å². The summed E-state index contributed by atoms with van der Waals surface area (Å²) < 4.78 is 52.2. The molecule has 0 saturated carbocycles. The van der Waals surface area contributed by atoms with Gasteiger partial charge in [-0.2, -0.15) is 18.4 Å². The van der Waals surface area contributed by atoms with Gasteiger partial charge in [-0.1, -0.05) is 6.92 Å². The van der Waals surface area contributed by atoms with Gasteiger partial charge in [-0.15, -0.1) is 0 Å². The van der Waals surface area contributed by atoms with Crippen molar-refractivity contribution in [2.45, 2.75) is 32.4 Å². The molecule has 1 heterocycles. The van der Waals surface area contributed by atoms with Crippen LogP contribution in [0.1, 0.15) is 52.6 Å². The number of benzene rings is 1. The van der Waals surface area contributed by atoms with Crippen LogP contribution in [0.3, 0.4) is 0 Å². The summed E-state index contributed by atoms with van der Waals surface area (Å²) in [6, 6.07) is 6.25. The van der Waals surface area contributed by atoms with Crippen LogP contribution in [0, 0.1) is 23.1 Å². The zero-order valence-corrected chi connectivity index (χ0v) is 16.7. The van der Waals surface area contributed by atoms with Gasteiger partial charge in [-0.05, 0) is 37.1 Å². The van der Waals surface area contributed by atoms with Crippen LogP contribution in [0.2, 0.25) is 0 Å². The Balaban J connectivity index is 2.04. The van der Waals surface area contributed by atoms with Gasteiger partial charge in [-0.25, -0.2) is 4.39 Å². The molecular weight excluding hydrogens is 418 g/mol. The normalized spacial score (nSPS) is 12.2. The Kier molecular flexibility index (Phi) is 7.33. The molecule has 0 spiro atoms. The molecule has 0 bridgehead atoms. The van der Waals surface area contributed by atoms with Crippen LogP contribution in [0.5, 0.6) is 0 Å². The number of carbonyl (C=O) groups is 3. The third-order valence-corrected chi connectivity index (χ3v) is 4.70. The number of aryl methyl sites for hydroxylation is 1. The number of nitrogens with zero attached hydrogens (tertiary/aromatic N) is 2. The molecule has 0 aliphatic rings. The maximum atomic E-state index is 13.4. The van der Waals surface area contributed by atoms with E-state index < -0.39 is 35.4 Å². The van der Waals surface area contributed by atoms with Gasteiger partial charge in [-0.3, -0.25) is 14.4 Å². The molecule has 1 atom stereocenters. The largest absolute Gasteiger partial charge is 0.391 e. The zero-order valence-electron chi connectivity index (χ0n) is 16.7. The standard InChI is InChI=1S/C21H19F4N3O3/c1-12(21(23,24)25)4-3-5-18(29)19(30)17-9-14(11-28(17)2)20(31)27-15-6-7-16(22)13(8-15)10-26/h6-9,11-12H,3-5H2,1-2H3,(H,27,31)/t12-/m1/s1. The molecule has 2 rings (SSSR count). The number of Topliss-reactive ketones (excluding diaryl/α,β-unsaturated/α-hetero) is 2. The molecule has 1 N–H and O–H groups in total. The van der Waals surface area contributed by atoms with Gasteiger partial charge < -0.3 is 9.88 Å². The number of nitriles is 1. The smallest absolute Gasteiger partial charge is 0.347 e. The van der Waals surface area contributed by atoms with E-state index in [1.807, 2.05) is 0 Å². The monoisotopic (exact) mass is 437 g/mol. The lowest BCUT2D eigenvalue weighted by Gasteiger charge is -2.14. The number of hydrogen-bond acceptors (Lipinski definition) is 4. The first-order valence-corrected chi connectivity index (χ1v) is 9.25. The number of hydrogen-bond donors (Lipinski definition) is 1. The average molecular weight is 437 g/mol. The van der Waals surface area contributed by atoms with Gasteiger partial charge in [0.15, 0.2) is 0 Å². The Morgan fingerprint density at radius 3 is 2.52 bits per heavy atom. The molecule has 0 unspecified atom stereocenters. The Bertz CT molecular complexity index is 1050. The Morgan fingerprint density at radius 2 is 1.90 bits per heavy atom. The van der Waals surface area contributed by atoms with Gasteiger partial charge in [0.05, 0.1) is 22.7 Å². The van der Waals surface area contributed by atoms with Gasteiger partial charge in [0.1, 0.15) is 11.9 Å². The summed E-state index contributed by atoms with van der Waals surface area (Å²) in [5.41, 5.74) is -0.148. The van der Waals surface area contributed by atoms with E-state index in [4.69, 9.17) is 5.26 Å². The fourth-order valence-electron chi connectivity index (χ4n) is 2.80. The second-order valence-corrected chi connectivity index (χ2v) is 7.07. The van der Waals surface area contributed by atoms with Crippen molar-refractivity contribution >= 4 is 23.2 Å². The number of halogens is 4. The van der Waals surface area contributed by atoms with E-state index in [0.29, 0.717) is 0 Å². The number of aromatic nitrogens is 1. The van der Waals surface area contributed by atoms with E-state index in [-0.39, 0.29) is 41.8 Å². The molecule has 2 aromatic rings. The SMILES string of the molecule is C[C@H](CCCC(=O)C(=O)c1cc(C(=O)Nc2ccc(F)c(C#N)c2)cn1C)C(F)(F)F. The Morgan fingerprint density at radius 1 is 1.23 bits per heavy atom. The molecule has 1 aromatic carbocycles. The maximum Gasteiger partial charge on any atom is 0.391 e. The van der Waals surface area contributed by atoms with E-state index in [2.05, 4.69) is 5.32 Å². The first-order chi connectivity index (χ1) is 14.4. The first kappa shape index (κ1) is 23.8. The second kappa shape index (κ2) is 9.55. The van der Waals surface area contributed by atoms with Crippen LogP contribution < -0.4 is 5.32 Å². The lowest BCUT2D eigenvalue weighted by molar-refractivity contribution is -0.171. The molecule has 1 amide bonds. The number of rotatable bonds is 8. The Hall–Kier alpha value is -3.48. The highest BCUT2D eigenvalue weighted by Crippen LogP contribution is 2.29. The van der Waals surface area contributed by atoms with Crippen LogP contribution in [0.15, 0.2) is 30.5 Å². The van der Waals surface area contributed by atoms with E-state index in [1.165, 1.54) is 29.9 Å². The third-order valence-electron chi connectivity index (χ3n) is 4.70. The van der Waals surface area contributed by atoms with Crippen LogP contribution >= 0.6 is 0 Å². The summed E-state index contributed by atoms with van der Waals surface area (Å²) >= 11 is 0. The summed E-state index contributed by atoms with van der Waals surface area (Å²) in [4.78, 5) is 36.8. The minimum atomic E-state index is -4.36. The minimum absolute atomic E-state index is 0.0344. The van der Waals surface area contributed by atoms with Crippen molar-refractivity contribution in [3.05, 3.63) is 53.1 Å². The predicted molar refractivity (Wildman–Crippen MR) is 103 cm³/mol. The molecule has 0 saturated heterocycles. The molecule has 0 fully saturated rings. The quantitative estimate of drug-likeness (QED) is 0.376. The number of anilines is 1. The van der Waals surface area contributed by atoms with E-state index in [9.17, 15) is 31.9 Å². The van der Waals surface area contributed by atoms with Crippen molar-refractivity contribution in [3.8, 4) is 6.07 Å². The number of ketones is 2. The molecule has 1 aromatic heterocycles. The van der Waals surface area contributed by atoms with E-state index >= 15 is 0 Å². The molecule has 0 aliphatic carbocycles. The zero-order chi connectivity index (χ0) is 23.3. The molecule has 31 heavy (non-hydrogen) atoms. The van der Waals surface area contributed by atoms with Crippen LogP contribution in [0.4, 0.5) is 23.2 Å². The van der Waals surface area contributed by atoms with E-state index in [1.54, 1.807) is 6.07 Å². The number of nitrogens with one attached hydrogen (secondary N) is 1. The van der Waals surface area contributed by atoms with Crippen LogP contribution in [0.25, 0.3) is 0 Å². The number of amides is 1. The summed E-state index contributed by atoms with van der Waals surface area (Å²) in [5.74, 6) is -4.73. The van der Waals surface area contributed by atoms with Crippen molar-refractivity contribution in [1.29, 1.82) is 5.26 Å². The lowest BCUT2D eigenvalue weighted by Crippen LogP contribution is -2.21. The number of carbonyl (C=O) groups excluding carboxylic acids is 3. The highest BCUT2D eigenvalue weighted by molar-refractivity contribution is 6.43. The topological polar surface area (TPSA) is 92.0 Å². The summed E-state index contributed by atoms with van der Waals surface area (Å²) in [6.07, 6.45) is -3.75. The van der Waals surface area contributed by atoms with Crippen LogP contribution in [-0.4, -0.2) is 28.2 Å². The number of alkyl halides is 3. The van der Waals surface area contributed by atoms with Gasteiger partial charge in [0.25, 0.3) is 5.91 Å². The molecule has 0 aliphatic heterocycles. The minimum Gasteiger partial charge on any atom is -0.347 e. The fraction of sp³-hybridized carbons (Fsp3) is 0.333. The summed E-state index contributed by atoms with van der Waals surface area (Å²) in [6.45, 7) is 1.01. The fourth-order valence-corrected chi connectivity index (χ4v) is 2.80. The summed E-state index contributed by atoms with van der Waals surface area (Å²) in [5, 5.41) is 11.3. The molecule has 164 valence electrons. The van der Waals surface area contributed by atoms with Crippen molar-refractivity contribution < 1.29 is 31.9 Å². The van der Waals surface area contributed by atoms with Gasteiger partial charge in [0, 0.05) is 25.4 Å². The molecule has 6 nitrogen and oxygen atoms in total. The van der Waals surface area contributed by atoms with E-state index in [0.717, 1.165) is 19.1 Å². The van der Waals surface area contributed by atoms with Crippen molar-refractivity contribution in [1.82, 2.24) is 4.57 Å². The Labute approximate surface area is 175 Å². The van der Waals surface area contributed by atoms with Crippen LogP contribution in [-0.2, 0) is 11.8 Å². The second-order valence-electron chi connectivity index (χ2n) is 7.07. The maximum absolute atomic E-state index is 13.4. The molecule has 0 radical (unpaired) electrons. The molecular formula is C21H19F4N3O3. The van der Waals surface area contributed by atoms with Crippen molar-refractivity contribution in [2.75, 3.05) is 5.32 Å². The van der Waals surface area contributed by atoms with Crippen molar-refractivity contribution in [3.63, 3.8) is 0 Å². The molecule has 10 heteroatoms. The third kappa shape index (κ3) is 6.01.